The summed E-state index contributed by atoms with van der Waals surface area (Å²) in [7, 11) is 0. The topological polar surface area (TPSA) is 113 Å². The molecule has 100 valence electrons. The van der Waals surface area contributed by atoms with Crippen LogP contribution in [0.1, 0.15) is 5.56 Å². The molecule has 1 saturated heterocycles. The number of nitriles is 1. The first-order chi connectivity index (χ1) is 9.20. The van der Waals surface area contributed by atoms with Crippen LogP contribution in [0.15, 0.2) is 12.3 Å². The number of ether oxygens (including phenoxy) is 1. The second-order valence-electron chi connectivity index (χ2n) is 4.07. The molecule has 8 nitrogen and oxygen atoms in total. The average molecular weight is 263 g/mol. The van der Waals surface area contributed by atoms with Gasteiger partial charge in [-0.1, -0.05) is 0 Å². The van der Waals surface area contributed by atoms with Crippen molar-refractivity contribution in [2.45, 2.75) is 6.04 Å². The maximum absolute atomic E-state index is 10.9. The van der Waals surface area contributed by atoms with Gasteiger partial charge in [-0.3, -0.25) is 10.1 Å². The first-order valence-electron chi connectivity index (χ1n) is 5.80. The molecule has 2 rings (SSSR count). The number of nitrogens with zero attached hydrogens (tertiary/aromatic N) is 3. The SMILES string of the molecule is N#Cc1cnc(NCC2COCCN2)c([N+](=O)[O-])c1. The molecule has 0 aromatic carbocycles. The Labute approximate surface area is 109 Å². The Hall–Kier alpha value is -2.24. The molecule has 2 heterocycles. The summed E-state index contributed by atoms with van der Waals surface area (Å²) in [5.41, 5.74) is -0.0350. The fourth-order valence-corrected chi connectivity index (χ4v) is 1.76. The van der Waals surface area contributed by atoms with Gasteiger partial charge in [0.05, 0.1) is 23.7 Å². The first kappa shape index (κ1) is 13.2. The Kier molecular flexibility index (Phi) is 4.22. The molecule has 1 aromatic heterocycles. The van der Waals surface area contributed by atoms with Gasteiger partial charge < -0.3 is 15.4 Å². The molecular formula is C11H13N5O3. The Morgan fingerprint density at radius 3 is 3.21 bits per heavy atom. The fourth-order valence-electron chi connectivity index (χ4n) is 1.76. The van der Waals surface area contributed by atoms with Crippen LogP contribution in [0.4, 0.5) is 11.5 Å². The van der Waals surface area contributed by atoms with Crippen molar-refractivity contribution in [1.29, 1.82) is 5.26 Å². The number of anilines is 1. The van der Waals surface area contributed by atoms with Crippen molar-refractivity contribution in [2.75, 3.05) is 31.6 Å². The lowest BCUT2D eigenvalue weighted by Crippen LogP contribution is -2.45. The van der Waals surface area contributed by atoms with E-state index in [0.29, 0.717) is 19.8 Å². The van der Waals surface area contributed by atoms with Gasteiger partial charge in [-0.25, -0.2) is 4.98 Å². The van der Waals surface area contributed by atoms with E-state index in [4.69, 9.17) is 10.00 Å². The molecular weight excluding hydrogens is 250 g/mol. The molecule has 1 aromatic rings. The highest BCUT2D eigenvalue weighted by Gasteiger charge is 2.18. The van der Waals surface area contributed by atoms with Crippen LogP contribution < -0.4 is 10.6 Å². The lowest BCUT2D eigenvalue weighted by molar-refractivity contribution is -0.384. The minimum atomic E-state index is -0.555. The molecule has 1 aliphatic rings. The highest BCUT2D eigenvalue weighted by atomic mass is 16.6. The van der Waals surface area contributed by atoms with Crippen LogP contribution in [-0.4, -0.2) is 42.3 Å². The number of pyridine rings is 1. The van der Waals surface area contributed by atoms with Gasteiger partial charge in [0, 0.05) is 31.4 Å². The Bertz CT molecular complexity index is 508. The van der Waals surface area contributed by atoms with Gasteiger partial charge in [0.15, 0.2) is 0 Å². The minimum Gasteiger partial charge on any atom is -0.378 e. The van der Waals surface area contributed by atoms with Crippen LogP contribution in [-0.2, 0) is 4.74 Å². The fraction of sp³-hybridized carbons (Fsp3) is 0.455. The van der Waals surface area contributed by atoms with Gasteiger partial charge in [-0.2, -0.15) is 5.26 Å². The van der Waals surface area contributed by atoms with Crippen molar-refractivity contribution >= 4 is 11.5 Å². The summed E-state index contributed by atoms with van der Waals surface area (Å²) in [6.45, 7) is 2.46. The molecule has 0 spiro atoms. The zero-order chi connectivity index (χ0) is 13.7. The predicted molar refractivity (Wildman–Crippen MR) is 66.7 cm³/mol. The van der Waals surface area contributed by atoms with E-state index in [1.165, 1.54) is 12.3 Å². The summed E-state index contributed by atoms with van der Waals surface area (Å²) in [5, 5.41) is 25.8. The molecule has 0 radical (unpaired) electrons. The van der Waals surface area contributed by atoms with Gasteiger partial charge in [-0.05, 0) is 0 Å². The van der Waals surface area contributed by atoms with E-state index in [9.17, 15) is 10.1 Å². The largest absolute Gasteiger partial charge is 0.378 e. The summed E-state index contributed by atoms with van der Waals surface area (Å²) in [6.07, 6.45) is 1.31. The second-order valence-corrected chi connectivity index (χ2v) is 4.07. The number of nitro groups is 1. The summed E-state index contributed by atoms with van der Waals surface area (Å²) in [4.78, 5) is 14.3. The smallest absolute Gasteiger partial charge is 0.312 e. The van der Waals surface area contributed by atoms with Gasteiger partial charge in [-0.15, -0.1) is 0 Å². The number of rotatable bonds is 4. The lowest BCUT2D eigenvalue weighted by atomic mass is 10.2. The van der Waals surface area contributed by atoms with Crippen LogP contribution in [0.2, 0.25) is 0 Å². The molecule has 0 aliphatic carbocycles. The highest BCUT2D eigenvalue weighted by Crippen LogP contribution is 2.22. The van der Waals surface area contributed by atoms with Crippen LogP contribution in [0.5, 0.6) is 0 Å². The Balaban J connectivity index is 2.06. The third kappa shape index (κ3) is 3.37. The van der Waals surface area contributed by atoms with Crippen LogP contribution >= 0.6 is 0 Å². The van der Waals surface area contributed by atoms with Crippen molar-refractivity contribution < 1.29 is 9.66 Å². The van der Waals surface area contributed by atoms with E-state index in [0.717, 1.165) is 6.54 Å². The summed E-state index contributed by atoms with van der Waals surface area (Å²) >= 11 is 0. The van der Waals surface area contributed by atoms with E-state index in [2.05, 4.69) is 15.6 Å². The molecule has 1 unspecified atom stereocenters. The number of aromatic nitrogens is 1. The Morgan fingerprint density at radius 1 is 1.74 bits per heavy atom. The quantitative estimate of drug-likeness (QED) is 0.591. The third-order valence-electron chi connectivity index (χ3n) is 2.71. The maximum atomic E-state index is 10.9. The van der Waals surface area contributed by atoms with Gasteiger partial charge in [0.2, 0.25) is 5.82 Å². The molecule has 19 heavy (non-hydrogen) atoms. The molecule has 8 heteroatoms. The number of hydrogen-bond donors (Lipinski definition) is 2. The summed E-state index contributed by atoms with van der Waals surface area (Å²) < 4.78 is 5.28. The van der Waals surface area contributed by atoms with Gasteiger partial charge >= 0.3 is 5.69 Å². The van der Waals surface area contributed by atoms with Crippen LogP contribution in [0, 0.1) is 21.4 Å². The van der Waals surface area contributed by atoms with E-state index in [-0.39, 0.29) is 23.1 Å². The van der Waals surface area contributed by atoms with Crippen molar-refractivity contribution in [2.24, 2.45) is 0 Å². The monoisotopic (exact) mass is 263 g/mol. The number of hydrogen-bond acceptors (Lipinski definition) is 7. The second kappa shape index (κ2) is 6.08. The van der Waals surface area contributed by atoms with E-state index >= 15 is 0 Å². The average Bonchev–Trinajstić information content (AvgIpc) is 2.46. The Morgan fingerprint density at radius 2 is 2.58 bits per heavy atom. The van der Waals surface area contributed by atoms with Gasteiger partial charge in [0.1, 0.15) is 6.07 Å². The summed E-state index contributed by atoms with van der Waals surface area (Å²) in [6, 6.07) is 3.13. The molecule has 1 atom stereocenters. The standard InChI is InChI=1S/C11H13N5O3/c12-4-8-3-10(16(17)18)11(14-5-8)15-6-9-7-19-2-1-13-9/h3,5,9,13H,1-2,6-7H2,(H,14,15). The lowest BCUT2D eigenvalue weighted by Gasteiger charge is -2.24. The van der Waals surface area contributed by atoms with Gasteiger partial charge in [0.25, 0.3) is 0 Å². The molecule has 0 bridgehead atoms. The van der Waals surface area contributed by atoms with E-state index in [1.807, 2.05) is 6.07 Å². The molecule has 0 amide bonds. The van der Waals surface area contributed by atoms with E-state index in [1.54, 1.807) is 0 Å². The summed E-state index contributed by atoms with van der Waals surface area (Å²) in [5.74, 6) is 0.163. The van der Waals surface area contributed by atoms with Crippen molar-refractivity contribution in [3.8, 4) is 6.07 Å². The normalized spacial score (nSPS) is 18.6. The number of morpholine rings is 1. The zero-order valence-electron chi connectivity index (χ0n) is 10.1. The van der Waals surface area contributed by atoms with Crippen molar-refractivity contribution in [3.63, 3.8) is 0 Å². The van der Waals surface area contributed by atoms with Crippen molar-refractivity contribution in [1.82, 2.24) is 10.3 Å². The maximum Gasteiger partial charge on any atom is 0.312 e. The molecule has 2 N–H and O–H groups in total. The number of nitrogens with one attached hydrogen (secondary N) is 2. The van der Waals surface area contributed by atoms with Crippen LogP contribution in [0.25, 0.3) is 0 Å². The van der Waals surface area contributed by atoms with Crippen molar-refractivity contribution in [3.05, 3.63) is 27.9 Å². The van der Waals surface area contributed by atoms with E-state index < -0.39 is 4.92 Å². The minimum absolute atomic E-state index is 0.0887. The third-order valence-corrected chi connectivity index (χ3v) is 2.71. The zero-order valence-corrected chi connectivity index (χ0v) is 10.1. The molecule has 1 fully saturated rings. The predicted octanol–water partition coefficient (Wildman–Crippen LogP) is 0.262. The first-order valence-corrected chi connectivity index (χ1v) is 5.80. The highest BCUT2D eigenvalue weighted by molar-refractivity contribution is 5.58. The molecule has 0 saturated carbocycles. The molecule has 1 aliphatic heterocycles. The van der Waals surface area contributed by atoms with Crippen LogP contribution in [0.3, 0.4) is 0 Å².